The number of hydrogen-bond donors (Lipinski definition) is 3. The molecule has 0 heterocycles. The number of halogens is 2. The van der Waals surface area contributed by atoms with Gasteiger partial charge in [-0.05, 0) is 52.3 Å². The Bertz CT molecular complexity index is 647. The lowest BCUT2D eigenvalue weighted by molar-refractivity contribution is 0.0697. The van der Waals surface area contributed by atoms with Crippen molar-refractivity contribution in [1.82, 2.24) is 0 Å². The van der Waals surface area contributed by atoms with Gasteiger partial charge >= 0.3 is 5.97 Å². The lowest BCUT2D eigenvalue weighted by Gasteiger charge is -2.12. The summed E-state index contributed by atoms with van der Waals surface area (Å²) in [5.41, 5.74) is 7.73. The van der Waals surface area contributed by atoms with E-state index in [1.165, 1.54) is 12.1 Å². The molecule has 0 aromatic heterocycles. The van der Waals surface area contributed by atoms with Crippen LogP contribution >= 0.6 is 27.5 Å². The van der Waals surface area contributed by atoms with Gasteiger partial charge in [0.1, 0.15) is 0 Å². The van der Waals surface area contributed by atoms with Gasteiger partial charge in [0.05, 0.1) is 22.6 Å². The molecule has 0 atom stereocenters. The molecule has 6 heteroatoms. The van der Waals surface area contributed by atoms with E-state index < -0.39 is 5.97 Å². The zero-order valence-electron chi connectivity index (χ0n) is 9.65. The number of carboxylic acid groups (broad SMARTS) is 1. The van der Waals surface area contributed by atoms with Crippen molar-refractivity contribution in [2.75, 3.05) is 11.1 Å². The van der Waals surface area contributed by atoms with Crippen LogP contribution in [0.25, 0.3) is 0 Å². The lowest BCUT2D eigenvalue weighted by atomic mass is 10.1. The van der Waals surface area contributed by atoms with Gasteiger partial charge in [0.2, 0.25) is 0 Å². The molecule has 0 aliphatic rings. The third-order valence-corrected chi connectivity index (χ3v) is 3.39. The zero-order chi connectivity index (χ0) is 14.0. The van der Waals surface area contributed by atoms with E-state index in [0.29, 0.717) is 16.4 Å². The van der Waals surface area contributed by atoms with Crippen LogP contribution in [0.5, 0.6) is 0 Å². The number of benzene rings is 2. The van der Waals surface area contributed by atoms with Crippen LogP contribution in [-0.2, 0) is 0 Å². The highest BCUT2D eigenvalue weighted by Crippen LogP contribution is 2.31. The van der Waals surface area contributed by atoms with Crippen molar-refractivity contribution < 1.29 is 9.90 Å². The largest absolute Gasteiger partial charge is 0.478 e. The quantitative estimate of drug-likeness (QED) is 0.734. The van der Waals surface area contributed by atoms with Gasteiger partial charge in [0.15, 0.2) is 0 Å². The standard InChI is InChI=1S/C13H10BrClN2O2/c14-9-6-8(15)2-4-11(9)17-12-5-7(13(18)19)1-3-10(12)16/h1-6,17H,16H2,(H,18,19). The summed E-state index contributed by atoms with van der Waals surface area (Å²) >= 11 is 9.23. The maximum atomic E-state index is 10.9. The molecule has 98 valence electrons. The van der Waals surface area contributed by atoms with E-state index in [1.54, 1.807) is 24.3 Å². The van der Waals surface area contributed by atoms with Gasteiger partial charge < -0.3 is 16.2 Å². The van der Waals surface area contributed by atoms with Crippen molar-refractivity contribution in [3.8, 4) is 0 Å². The van der Waals surface area contributed by atoms with Crippen molar-refractivity contribution >= 4 is 50.6 Å². The predicted molar refractivity (Wildman–Crippen MR) is 80.2 cm³/mol. The number of anilines is 3. The molecule has 0 bridgehead atoms. The molecule has 2 aromatic rings. The average molecular weight is 342 g/mol. The van der Waals surface area contributed by atoms with Gasteiger partial charge in [-0.15, -0.1) is 0 Å². The number of rotatable bonds is 3. The first-order valence-corrected chi connectivity index (χ1v) is 6.49. The summed E-state index contributed by atoms with van der Waals surface area (Å²) in [5.74, 6) is -1.00. The highest BCUT2D eigenvalue weighted by Gasteiger charge is 2.08. The summed E-state index contributed by atoms with van der Waals surface area (Å²) in [4.78, 5) is 10.9. The maximum Gasteiger partial charge on any atom is 0.335 e. The van der Waals surface area contributed by atoms with E-state index in [9.17, 15) is 4.79 Å². The Kier molecular flexibility index (Phi) is 3.97. The summed E-state index contributed by atoms with van der Waals surface area (Å²) in [6.07, 6.45) is 0. The third-order valence-electron chi connectivity index (χ3n) is 2.50. The molecule has 0 radical (unpaired) electrons. The summed E-state index contributed by atoms with van der Waals surface area (Å²) in [5, 5.41) is 12.6. The first-order chi connectivity index (χ1) is 8.97. The van der Waals surface area contributed by atoms with Crippen LogP contribution in [0.3, 0.4) is 0 Å². The van der Waals surface area contributed by atoms with Gasteiger partial charge in [-0.3, -0.25) is 0 Å². The Balaban J connectivity index is 2.37. The third kappa shape index (κ3) is 3.19. The smallest absolute Gasteiger partial charge is 0.335 e. The van der Waals surface area contributed by atoms with Gasteiger partial charge in [-0.1, -0.05) is 11.6 Å². The van der Waals surface area contributed by atoms with Crippen LogP contribution < -0.4 is 11.1 Å². The zero-order valence-corrected chi connectivity index (χ0v) is 12.0. The molecule has 0 aliphatic carbocycles. The van der Waals surface area contributed by atoms with Gasteiger partial charge in [0, 0.05) is 9.50 Å². The summed E-state index contributed by atoms with van der Waals surface area (Å²) < 4.78 is 0.764. The number of carboxylic acids is 1. The first-order valence-electron chi connectivity index (χ1n) is 5.32. The van der Waals surface area contributed by atoms with E-state index >= 15 is 0 Å². The Morgan fingerprint density at radius 1 is 1.21 bits per heavy atom. The van der Waals surface area contributed by atoms with Crippen LogP contribution in [-0.4, -0.2) is 11.1 Å². The molecule has 0 unspecified atom stereocenters. The SMILES string of the molecule is Nc1ccc(C(=O)O)cc1Nc1ccc(Cl)cc1Br. The van der Waals surface area contributed by atoms with E-state index in [4.69, 9.17) is 22.4 Å². The Morgan fingerprint density at radius 3 is 2.58 bits per heavy atom. The molecule has 0 saturated heterocycles. The second kappa shape index (κ2) is 5.50. The summed E-state index contributed by atoms with van der Waals surface area (Å²) in [7, 11) is 0. The van der Waals surface area contributed by atoms with E-state index in [-0.39, 0.29) is 5.56 Å². The second-order valence-corrected chi connectivity index (χ2v) is 5.15. The fourth-order valence-corrected chi connectivity index (χ4v) is 2.32. The molecule has 0 aliphatic heterocycles. The number of nitrogen functional groups attached to an aromatic ring is 1. The molecule has 0 spiro atoms. The Hall–Kier alpha value is -1.72. The molecule has 4 N–H and O–H groups in total. The fraction of sp³-hybridized carbons (Fsp3) is 0. The predicted octanol–water partition coefficient (Wildman–Crippen LogP) is 4.13. The van der Waals surface area contributed by atoms with Crippen molar-refractivity contribution in [1.29, 1.82) is 0 Å². The Morgan fingerprint density at radius 2 is 1.95 bits per heavy atom. The van der Waals surface area contributed by atoms with Gasteiger partial charge in [0.25, 0.3) is 0 Å². The average Bonchev–Trinajstić information content (AvgIpc) is 2.34. The number of nitrogens with two attached hydrogens (primary N) is 1. The van der Waals surface area contributed by atoms with E-state index in [0.717, 1.165) is 10.2 Å². The molecular formula is C13H10BrClN2O2. The topological polar surface area (TPSA) is 75.4 Å². The van der Waals surface area contributed by atoms with Crippen molar-refractivity contribution in [2.24, 2.45) is 0 Å². The molecule has 0 amide bonds. The summed E-state index contributed by atoms with van der Waals surface area (Å²) in [6.45, 7) is 0. The maximum absolute atomic E-state index is 10.9. The second-order valence-electron chi connectivity index (χ2n) is 3.86. The van der Waals surface area contributed by atoms with Crippen molar-refractivity contribution in [3.63, 3.8) is 0 Å². The fourth-order valence-electron chi connectivity index (χ4n) is 1.53. The van der Waals surface area contributed by atoms with Gasteiger partial charge in [-0.2, -0.15) is 0 Å². The molecule has 2 aromatic carbocycles. The normalized spacial score (nSPS) is 10.2. The van der Waals surface area contributed by atoms with Crippen LogP contribution in [0.4, 0.5) is 17.1 Å². The van der Waals surface area contributed by atoms with Crippen molar-refractivity contribution in [2.45, 2.75) is 0 Å². The lowest BCUT2D eigenvalue weighted by Crippen LogP contribution is -2.01. The Labute approximate surface area is 123 Å². The van der Waals surface area contributed by atoms with E-state index in [2.05, 4.69) is 21.2 Å². The highest BCUT2D eigenvalue weighted by molar-refractivity contribution is 9.10. The van der Waals surface area contributed by atoms with Crippen LogP contribution in [0, 0.1) is 0 Å². The molecular weight excluding hydrogens is 332 g/mol. The number of hydrogen-bond acceptors (Lipinski definition) is 3. The number of nitrogens with one attached hydrogen (secondary N) is 1. The van der Waals surface area contributed by atoms with E-state index in [1.807, 2.05) is 0 Å². The molecule has 4 nitrogen and oxygen atoms in total. The monoisotopic (exact) mass is 340 g/mol. The molecule has 0 fully saturated rings. The summed E-state index contributed by atoms with van der Waals surface area (Å²) in [6, 6.07) is 9.74. The number of aromatic carboxylic acids is 1. The minimum absolute atomic E-state index is 0.168. The number of carbonyl (C=O) groups is 1. The van der Waals surface area contributed by atoms with Crippen molar-refractivity contribution in [3.05, 3.63) is 51.5 Å². The van der Waals surface area contributed by atoms with Crippen LogP contribution in [0.2, 0.25) is 5.02 Å². The minimum Gasteiger partial charge on any atom is -0.478 e. The van der Waals surface area contributed by atoms with Crippen LogP contribution in [0.1, 0.15) is 10.4 Å². The van der Waals surface area contributed by atoms with Crippen LogP contribution in [0.15, 0.2) is 40.9 Å². The highest BCUT2D eigenvalue weighted by atomic mass is 79.9. The molecule has 2 rings (SSSR count). The molecule has 0 saturated carbocycles. The molecule has 19 heavy (non-hydrogen) atoms. The van der Waals surface area contributed by atoms with Gasteiger partial charge in [-0.25, -0.2) is 4.79 Å². The minimum atomic E-state index is -1.00. The first kappa shape index (κ1) is 13.7.